The van der Waals surface area contributed by atoms with Crippen LogP contribution in [0.2, 0.25) is 0 Å². The van der Waals surface area contributed by atoms with Crippen molar-refractivity contribution in [2.75, 3.05) is 5.32 Å². The van der Waals surface area contributed by atoms with Crippen molar-refractivity contribution < 1.29 is 14.7 Å². The fourth-order valence-corrected chi connectivity index (χ4v) is 1.48. The third kappa shape index (κ3) is 3.43. The van der Waals surface area contributed by atoms with Crippen LogP contribution in [-0.4, -0.2) is 22.0 Å². The first kappa shape index (κ1) is 13.3. The topological polar surface area (TPSA) is 79.3 Å². The SMILES string of the molecule is O=C(C#Cc1ccccc1)Nc1cnccc1C(=O)O. The fraction of sp³-hybridized carbons (Fsp3) is 0. The number of benzene rings is 1. The summed E-state index contributed by atoms with van der Waals surface area (Å²) < 4.78 is 0. The third-order valence-electron chi connectivity index (χ3n) is 2.39. The molecule has 0 fully saturated rings. The van der Waals surface area contributed by atoms with Gasteiger partial charge in [-0.15, -0.1) is 0 Å². The number of nitrogens with one attached hydrogen (secondary N) is 1. The highest BCUT2D eigenvalue weighted by Gasteiger charge is 2.10. The lowest BCUT2D eigenvalue weighted by Crippen LogP contribution is -2.12. The van der Waals surface area contributed by atoms with E-state index in [0.717, 1.165) is 0 Å². The lowest BCUT2D eigenvalue weighted by atomic mass is 10.2. The molecular formula is C15H10N2O3. The van der Waals surface area contributed by atoms with Gasteiger partial charge >= 0.3 is 11.9 Å². The summed E-state index contributed by atoms with van der Waals surface area (Å²) in [6, 6.07) is 10.3. The van der Waals surface area contributed by atoms with Crippen molar-refractivity contribution in [3.8, 4) is 11.8 Å². The van der Waals surface area contributed by atoms with Gasteiger partial charge in [0, 0.05) is 17.7 Å². The second kappa shape index (κ2) is 6.16. The molecule has 5 nitrogen and oxygen atoms in total. The minimum absolute atomic E-state index is 0.0325. The van der Waals surface area contributed by atoms with E-state index >= 15 is 0 Å². The second-order valence-electron chi connectivity index (χ2n) is 3.80. The summed E-state index contributed by atoms with van der Waals surface area (Å²) in [5.74, 6) is 3.34. The Bertz CT molecular complexity index is 700. The minimum Gasteiger partial charge on any atom is -0.478 e. The molecule has 0 unspecified atom stereocenters. The van der Waals surface area contributed by atoms with E-state index in [1.165, 1.54) is 18.5 Å². The number of carbonyl (C=O) groups excluding carboxylic acids is 1. The van der Waals surface area contributed by atoms with Crippen molar-refractivity contribution in [2.24, 2.45) is 0 Å². The van der Waals surface area contributed by atoms with E-state index in [2.05, 4.69) is 22.1 Å². The number of pyridine rings is 1. The summed E-state index contributed by atoms with van der Waals surface area (Å²) in [6.45, 7) is 0. The van der Waals surface area contributed by atoms with E-state index in [1.807, 2.05) is 18.2 Å². The Morgan fingerprint density at radius 1 is 1.15 bits per heavy atom. The van der Waals surface area contributed by atoms with Gasteiger partial charge in [-0.05, 0) is 18.2 Å². The molecule has 2 N–H and O–H groups in total. The van der Waals surface area contributed by atoms with Crippen LogP contribution >= 0.6 is 0 Å². The summed E-state index contributed by atoms with van der Waals surface area (Å²) in [6.07, 6.45) is 2.61. The molecule has 0 radical (unpaired) electrons. The summed E-state index contributed by atoms with van der Waals surface area (Å²) in [7, 11) is 0. The molecule has 0 spiro atoms. The van der Waals surface area contributed by atoms with Crippen molar-refractivity contribution in [1.29, 1.82) is 0 Å². The van der Waals surface area contributed by atoms with Crippen molar-refractivity contribution >= 4 is 17.6 Å². The van der Waals surface area contributed by atoms with E-state index in [-0.39, 0.29) is 11.3 Å². The van der Waals surface area contributed by atoms with Gasteiger partial charge in [0.05, 0.1) is 17.4 Å². The number of carboxylic acid groups (broad SMARTS) is 1. The van der Waals surface area contributed by atoms with Crippen LogP contribution in [0, 0.1) is 11.8 Å². The van der Waals surface area contributed by atoms with Crippen molar-refractivity contribution in [3.63, 3.8) is 0 Å². The van der Waals surface area contributed by atoms with Crippen LogP contribution in [0.5, 0.6) is 0 Å². The normalized spacial score (nSPS) is 9.20. The molecule has 2 rings (SSSR count). The van der Waals surface area contributed by atoms with Gasteiger partial charge < -0.3 is 10.4 Å². The highest BCUT2D eigenvalue weighted by atomic mass is 16.4. The Balaban J connectivity index is 2.14. The van der Waals surface area contributed by atoms with Crippen LogP contribution in [0.25, 0.3) is 0 Å². The molecule has 1 amide bonds. The van der Waals surface area contributed by atoms with Crippen LogP contribution in [0.15, 0.2) is 48.8 Å². The third-order valence-corrected chi connectivity index (χ3v) is 2.39. The monoisotopic (exact) mass is 266 g/mol. The number of carboxylic acids is 1. The summed E-state index contributed by atoms with van der Waals surface area (Å²) in [5, 5.41) is 11.4. The number of rotatable bonds is 2. The minimum atomic E-state index is -1.14. The molecule has 98 valence electrons. The van der Waals surface area contributed by atoms with Crippen LogP contribution in [0.3, 0.4) is 0 Å². The number of anilines is 1. The molecule has 0 atom stereocenters. The van der Waals surface area contributed by atoms with E-state index in [0.29, 0.717) is 5.56 Å². The highest BCUT2D eigenvalue weighted by molar-refractivity contribution is 6.07. The predicted octanol–water partition coefficient (Wildman–Crippen LogP) is 1.77. The number of carbonyl (C=O) groups is 2. The van der Waals surface area contributed by atoms with Gasteiger partial charge in [-0.25, -0.2) is 4.79 Å². The molecule has 1 aromatic carbocycles. The molecule has 1 aromatic heterocycles. The Morgan fingerprint density at radius 3 is 2.60 bits per heavy atom. The molecule has 0 bridgehead atoms. The average Bonchev–Trinajstić information content (AvgIpc) is 2.46. The summed E-state index contributed by atoms with van der Waals surface area (Å²) in [4.78, 5) is 26.4. The first-order valence-corrected chi connectivity index (χ1v) is 5.72. The van der Waals surface area contributed by atoms with Gasteiger partial charge in [-0.1, -0.05) is 24.1 Å². The summed E-state index contributed by atoms with van der Waals surface area (Å²) in [5.41, 5.74) is 0.787. The zero-order chi connectivity index (χ0) is 14.4. The highest BCUT2D eigenvalue weighted by Crippen LogP contribution is 2.12. The Labute approximate surface area is 115 Å². The Morgan fingerprint density at radius 2 is 1.90 bits per heavy atom. The average molecular weight is 266 g/mol. The van der Waals surface area contributed by atoms with Gasteiger partial charge in [-0.2, -0.15) is 0 Å². The van der Waals surface area contributed by atoms with E-state index in [1.54, 1.807) is 12.1 Å². The first-order valence-electron chi connectivity index (χ1n) is 5.72. The van der Waals surface area contributed by atoms with Crippen LogP contribution in [-0.2, 0) is 4.79 Å². The molecule has 5 heteroatoms. The van der Waals surface area contributed by atoms with Crippen LogP contribution < -0.4 is 5.32 Å². The van der Waals surface area contributed by atoms with Crippen molar-refractivity contribution in [1.82, 2.24) is 4.98 Å². The predicted molar refractivity (Wildman–Crippen MR) is 73.1 cm³/mol. The maximum atomic E-state index is 11.7. The van der Waals surface area contributed by atoms with Gasteiger partial charge in [0.1, 0.15) is 0 Å². The van der Waals surface area contributed by atoms with Crippen LogP contribution in [0.4, 0.5) is 5.69 Å². The molecule has 0 saturated heterocycles. The fourth-order valence-electron chi connectivity index (χ4n) is 1.48. The summed E-state index contributed by atoms with van der Waals surface area (Å²) >= 11 is 0. The van der Waals surface area contributed by atoms with E-state index in [9.17, 15) is 9.59 Å². The number of amides is 1. The lowest BCUT2D eigenvalue weighted by Gasteiger charge is -2.03. The van der Waals surface area contributed by atoms with Gasteiger partial charge in [-0.3, -0.25) is 9.78 Å². The maximum absolute atomic E-state index is 11.7. The quantitative estimate of drug-likeness (QED) is 0.812. The molecule has 0 saturated carbocycles. The number of hydrogen-bond donors (Lipinski definition) is 2. The molecule has 2 aromatic rings. The zero-order valence-electron chi connectivity index (χ0n) is 10.3. The smallest absolute Gasteiger partial charge is 0.337 e. The number of aromatic carboxylic acids is 1. The maximum Gasteiger partial charge on any atom is 0.337 e. The van der Waals surface area contributed by atoms with E-state index < -0.39 is 11.9 Å². The van der Waals surface area contributed by atoms with Gasteiger partial charge in [0.2, 0.25) is 0 Å². The Kier molecular flexibility index (Phi) is 4.10. The van der Waals surface area contributed by atoms with Crippen molar-refractivity contribution in [3.05, 3.63) is 59.9 Å². The Hall–Kier alpha value is -3.13. The second-order valence-corrected chi connectivity index (χ2v) is 3.80. The molecule has 1 heterocycles. The van der Waals surface area contributed by atoms with E-state index in [4.69, 9.17) is 5.11 Å². The molecule has 0 aliphatic heterocycles. The largest absolute Gasteiger partial charge is 0.478 e. The van der Waals surface area contributed by atoms with Crippen LogP contribution in [0.1, 0.15) is 15.9 Å². The van der Waals surface area contributed by atoms with Gasteiger partial charge in [0.15, 0.2) is 0 Å². The molecular weight excluding hydrogens is 256 g/mol. The molecule has 0 aliphatic rings. The zero-order valence-corrected chi connectivity index (χ0v) is 10.3. The lowest BCUT2D eigenvalue weighted by molar-refractivity contribution is -0.111. The number of nitrogens with zero attached hydrogens (tertiary/aromatic N) is 1. The van der Waals surface area contributed by atoms with Crippen molar-refractivity contribution in [2.45, 2.75) is 0 Å². The standard InChI is InChI=1S/C15H10N2O3/c18-14(7-6-11-4-2-1-3-5-11)17-13-10-16-9-8-12(13)15(19)20/h1-5,8-10H,(H,17,18)(H,19,20). The number of aromatic nitrogens is 1. The molecule has 0 aliphatic carbocycles. The molecule has 20 heavy (non-hydrogen) atoms. The number of hydrogen-bond acceptors (Lipinski definition) is 3. The van der Waals surface area contributed by atoms with Gasteiger partial charge in [0.25, 0.3) is 0 Å². The first-order chi connectivity index (χ1) is 9.66.